The molecular weight excluding hydrogens is 485 g/mol. The molecule has 0 bridgehead atoms. The monoisotopic (exact) mass is 507 g/mol. The van der Waals surface area contributed by atoms with Gasteiger partial charge in [0.1, 0.15) is 12.4 Å². The van der Waals surface area contributed by atoms with Crippen LogP contribution in [0.5, 0.6) is 0 Å². The van der Waals surface area contributed by atoms with Crippen LogP contribution in [0.2, 0.25) is 5.02 Å². The summed E-state index contributed by atoms with van der Waals surface area (Å²) in [6.45, 7) is 1.95. The van der Waals surface area contributed by atoms with Crippen molar-refractivity contribution in [3.8, 4) is 0 Å². The molecule has 0 aromatic heterocycles. The summed E-state index contributed by atoms with van der Waals surface area (Å²) in [6.07, 6.45) is 1.81. The topological polar surface area (TPSA) is 43.9 Å². The van der Waals surface area contributed by atoms with E-state index in [4.69, 9.17) is 11.6 Å². The predicted octanol–water partition coefficient (Wildman–Crippen LogP) is 5.31. The summed E-state index contributed by atoms with van der Waals surface area (Å²) in [5.74, 6) is -0.610. The molecule has 1 saturated heterocycles. The number of carbonyl (C=O) groups excluding carboxylic acids is 2. The van der Waals surface area contributed by atoms with E-state index in [1.807, 2.05) is 47.4 Å². The number of nitrogens with zero attached hydrogens (tertiary/aromatic N) is 3. The summed E-state index contributed by atoms with van der Waals surface area (Å²) in [5, 5.41) is 0.592. The Morgan fingerprint density at radius 2 is 1.66 bits per heavy atom. The van der Waals surface area contributed by atoms with Gasteiger partial charge in [0.05, 0.1) is 16.3 Å². The second-order valence-electron chi connectivity index (χ2n) is 8.34. The molecule has 178 valence electrons. The van der Waals surface area contributed by atoms with Gasteiger partial charge in [-0.1, -0.05) is 59.8 Å². The maximum atomic E-state index is 14.2. The van der Waals surface area contributed by atoms with Gasteiger partial charge >= 0.3 is 0 Å². The third-order valence-electron chi connectivity index (χ3n) is 6.10. The molecule has 2 heterocycles. The number of anilines is 2. The molecule has 5 nitrogen and oxygen atoms in total. The summed E-state index contributed by atoms with van der Waals surface area (Å²) in [4.78, 5) is 33.4. The Morgan fingerprint density at radius 3 is 2.40 bits per heavy atom. The van der Waals surface area contributed by atoms with Gasteiger partial charge in [-0.2, -0.15) is 0 Å². The summed E-state index contributed by atoms with van der Waals surface area (Å²) in [7, 11) is 0. The van der Waals surface area contributed by atoms with Crippen molar-refractivity contribution in [2.24, 2.45) is 0 Å². The molecule has 0 N–H and O–H groups in total. The normalized spacial score (nSPS) is 17.0. The fraction of sp³-hybridized carbons (Fsp3) is 0.185. The highest BCUT2D eigenvalue weighted by Crippen LogP contribution is 2.42. The molecule has 5 rings (SSSR count). The number of fused-ring (bicyclic) bond motifs is 1. The first-order valence-electron chi connectivity index (χ1n) is 11.3. The van der Waals surface area contributed by atoms with Gasteiger partial charge in [-0.3, -0.25) is 14.5 Å². The van der Waals surface area contributed by atoms with E-state index in [0.29, 0.717) is 41.8 Å². The van der Waals surface area contributed by atoms with Crippen molar-refractivity contribution >= 4 is 52.6 Å². The molecule has 1 fully saturated rings. The van der Waals surface area contributed by atoms with E-state index in [1.54, 1.807) is 40.1 Å². The number of piperazine rings is 1. The number of hydrogen-bond acceptors (Lipinski definition) is 4. The zero-order chi connectivity index (χ0) is 24.4. The van der Waals surface area contributed by atoms with Crippen molar-refractivity contribution in [1.29, 1.82) is 0 Å². The second-order valence-corrected chi connectivity index (χ2v) is 9.86. The average molecular weight is 508 g/mol. The second kappa shape index (κ2) is 10.1. The molecule has 2 aliphatic heterocycles. The van der Waals surface area contributed by atoms with Crippen LogP contribution < -0.4 is 9.80 Å². The van der Waals surface area contributed by atoms with E-state index in [1.165, 1.54) is 17.8 Å². The lowest BCUT2D eigenvalue weighted by molar-refractivity contribution is -0.131. The molecule has 0 saturated carbocycles. The van der Waals surface area contributed by atoms with Gasteiger partial charge in [0.2, 0.25) is 5.91 Å². The lowest BCUT2D eigenvalue weighted by Crippen LogP contribution is -2.52. The summed E-state index contributed by atoms with van der Waals surface area (Å²) in [5.41, 5.74) is 2.10. The Balaban J connectivity index is 1.33. The maximum absolute atomic E-state index is 14.2. The third kappa shape index (κ3) is 5.06. The lowest BCUT2D eigenvalue weighted by Gasteiger charge is -2.37. The Labute approximate surface area is 212 Å². The number of benzene rings is 3. The fourth-order valence-electron chi connectivity index (χ4n) is 4.31. The number of amides is 2. The Kier molecular flexibility index (Phi) is 6.79. The van der Waals surface area contributed by atoms with Crippen LogP contribution >= 0.6 is 23.4 Å². The third-order valence-corrected chi connectivity index (χ3v) is 7.41. The minimum absolute atomic E-state index is 0.0526. The standard InChI is InChI=1S/C27H23ClFN3O2S/c28-20-7-5-6-19(16-20)17-25-27(34)32(23-10-3-4-11-24(23)35-25)18-26(33)31-14-12-30(13-15-31)22-9-2-1-8-21(22)29/h1-11,16-17H,12-15,18H2/b25-17-. The first kappa shape index (κ1) is 23.5. The molecular formula is C27H23ClFN3O2S. The van der Waals surface area contributed by atoms with Crippen molar-refractivity contribution < 1.29 is 14.0 Å². The van der Waals surface area contributed by atoms with Gasteiger partial charge < -0.3 is 9.80 Å². The summed E-state index contributed by atoms with van der Waals surface area (Å²) >= 11 is 7.51. The molecule has 0 aliphatic carbocycles. The van der Waals surface area contributed by atoms with Crippen LogP contribution in [-0.4, -0.2) is 49.4 Å². The van der Waals surface area contributed by atoms with Gasteiger partial charge in [-0.15, -0.1) is 0 Å². The van der Waals surface area contributed by atoms with E-state index < -0.39 is 0 Å². The fourth-order valence-corrected chi connectivity index (χ4v) is 5.56. The predicted molar refractivity (Wildman–Crippen MR) is 139 cm³/mol. The van der Waals surface area contributed by atoms with Crippen molar-refractivity contribution in [3.05, 3.63) is 94.1 Å². The number of thioether (sulfide) groups is 1. The van der Waals surface area contributed by atoms with Crippen LogP contribution in [0.1, 0.15) is 5.56 Å². The molecule has 0 spiro atoms. The molecule has 8 heteroatoms. The van der Waals surface area contributed by atoms with Crippen LogP contribution in [0.15, 0.2) is 82.6 Å². The highest BCUT2D eigenvalue weighted by atomic mass is 35.5. The van der Waals surface area contributed by atoms with Gasteiger partial charge in [-0.25, -0.2) is 4.39 Å². The molecule has 2 aliphatic rings. The number of carbonyl (C=O) groups is 2. The molecule has 2 amide bonds. The Bertz CT molecular complexity index is 1310. The van der Waals surface area contributed by atoms with Crippen LogP contribution in [0.4, 0.5) is 15.8 Å². The highest BCUT2D eigenvalue weighted by molar-refractivity contribution is 8.04. The van der Waals surface area contributed by atoms with Gasteiger partial charge in [0.25, 0.3) is 5.91 Å². The van der Waals surface area contributed by atoms with E-state index in [2.05, 4.69) is 0 Å². The Morgan fingerprint density at radius 1 is 0.943 bits per heavy atom. The van der Waals surface area contributed by atoms with Crippen LogP contribution in [0, 0.1) is 5.82 Å². The highest BCUT2D eigenvalue weighted by Gasteiger charge is 2.32. The van der Waals surface area contributed by atoms with E-state index in [0.717, 1.165) is 16.1 Å². The minimum atomic E-state index is -0.265. The van der Waals surface area contributed by atoms with Crippen LogP contribution in [0.3, 0.4) is 0 Å². The molecule has 0 unspecified atom stereocenters. The van der Waals surface area contributed by atoms with Crippen molar-refractivity contribution in [1.82, 2.24) is 4.90 Å². The van der Waals surface area contributed by atoms with Gasteiger partial charge in [0.15, 0.2) is 0 Å². The average Bonchev–Trinajstić information content (AvgIpc) is 2.87. The van der Waals surface area contributed by atoms with Crippen molar-refractivity contribution in [2.75, 3.05) is 42.5 Å². The molecule has 3 aromatic carbocycles. The maximum Gasteiger partial charge on any atom is 0.265 e. The first-order chi connectivity index (χ1) is 17.0. The first-order valence-corrected chi connectivity index (χ1v) is 12.5. The van der Waals surface area contributed by atoms with E-state index >= 15 is 0 Å². The molecule has 35 heavy (non-hydrogen) atoms. The molecule has 0 radical (unpaired) electrons. The SMILES string of the molecule is O=C(CN1C(=O)/C(=C/c2cccc(Cl)c2)Sc2ccccc21)N1CCN(c2ccccc2F)CC1. The number of para-hydroxylation sites is 2. The number of rotatable bonds is 4. The zero-order valence-corrected chi connectivity index (χ0v) is 20.4. The number of halogens is 2. The van der Waals surface area contributed by atoms with Gasteiger partial charge in [0, 0.05) is 36.1 Å². The van der Waals surface area contributed by atoms with Crippen molar-refractivity contribution in [3.63, 3.8) is 0 Å². The van der Waals surface area contributed by atoms with Crippen LogP contribution in [-0.2, 0) is 9.59 Å². The van der Waals surface area contributed by atoms with Gasteiger partial charge in [-0.05, 0) is 48.0 Å². The zero-order valence-electron chi connectivity index (χ0n) is 18.9. The minimum Gasteiger partial charge on any atom is -0.366 e. The lowest BCUT2D eigenvalue weighted by atomic mass is 10.2. The molecule has 0 atom stereocenters. The van der Waals surface area contributed by atoms with Crippen molar-refractivity contribution in [2.45, 2.75) is 4.90 Å². The quantitative estimate of drug-likeness (QED) is 0.449. The summed E-state index contributed by atoms with van der Waals surface area (Å²) < 4.78 is 14.2. The smallest absolute Gasteiger partial charge is 0.265 e. The van der Waals surface area contributed by atoms with E-state index in [-0.39, 0.29) is 24.2 Å². The molecule has 3 aromatic rings. The number of hydrogen-bond donors (Lipinski definition) is 0. The van der Waals surface area contributed by atoms with E-state index in [9.17, 15) is 14.0 Å². The van der Waals surface area contributed by atoms with Crippen LogP contribution in [0.25, 0.3) is 6.08 Å². The largest absolute Gasteiger partial charge is 0.366 e. The summed E-state index contributed by atoms with van der Waals surface area (Å²) in [6, 6.07) is 21.6. The Hall–Kier alpha value is -3.29.